The fourth-order valence-electron chi connectivity index (χ4n) is 3.96. The molecule has 0 bridgehead atoms. The van der Waals surface area contributed by atoms with Gasteiger partial charge in [-0.1, -0.05) is 10.2 Å². The number of hydrogen-bond donors (Lipinski definition) is 2. The molecule has 0 unspecified atom stereocenters. The van der Waals surface area contributed by atoms with Crippen molar-refractivity contribution in [1.82, 2.24) is 19.6 Å². The lowest BCUT2D eigenvalue weighted by atomic mass is 10.1. The van der Waals surface area contributed by atoms with Gasteiger partial charge in [-0.05, 0) is 84.4 Å². The molecule has 38 heavy (non-hydrogen) atoms. The second-order valence-electron chi connectivity index (χ2n) is 9.29. The molecule has 2 aromatic heterocycles. The van der Waals surface area contributed by atoms with Gasteiger partial charge in [-0.25, -0.2) is 9.13 Å². The van der Waals surface area contributed by atoms with Crippen molar-refractivity contribution < 1.29 is 9.13 Å². The zero-order chi connectivity index (χ0) is 27.1. The fraction of sp³-hybridized carbons (Fsp3) is 0.385. The molecule has 12 heteroatoms. The van der Waals surface area contributed by atoms with Crippen molar-refractivity contribution >= 4 is 34.6 Å². The van der Waals surface area contributed by atoms with E-state index in [1.165, 1.54) is 0 Å². The first-order valence-electron chi connectivity index (χ1n) is 12.6. The number of nitrogens with one attached hydrogen (secondary N) is 2. The molecule has 0 aliphatic carbocycles. The molecule has 0 spiro atoms. The molecule has 2 aromatic carbocycles. The third-order valence-electron chi connectivity index (χ3n) is 6.17. The van der Waals surface area contributed by atoms with Crippen LogP contribution in [0, 0.1) is 13.8 Å². The van der Waals surface area contributed by atoms with E-state index in [1.54, 1.807) is 22.0 Å². The Morgan fingerprint density at radius 1 is 0.684 bits per heavy atom. The first-order chi connectivity index (χ1) is 18.3. The summed E-state index contributed by atoms with van der Waals surface area (Å²) in [5, 5.41) is 32.7. The van der Waals surface area contributed by atoms with Crippen LogP contribution in [0.4, 0.5) is 34.6 Å². The number of rotatable bonds is 11. The number of nitrogens with zero attached hydrogens (tertiary/aromatic N) is 10. The quantitative estimate of drug-likeness (QED) is 0.173. The van der Waals surface area contributed by atoms with E-state index in [-0.39, 0.29) is 0 Å². The van der Waals surface area contributed by atoms with Crippen LogP contribution >= 0.6 is 0 Å². The maximum atomic E-state index is 4.35. The van der Waals surface area contributed by atoms with Gasteiger partial charge in [-0.3, -0.25) is 0 Å². The van der Waals surface area contributed by atoms with Gasteiger partial charge in [0.15, 0.2) is 0 Å². The summed E-state index contributed by atoms with van der Waals surface area (Å²) in [5.74, 6) is 1.37. The Morgan fingerprint density at radius 3 is 1.45 bits per heavy atom. The van der Waals surface area contributed by atoms with Crippen LogP contribution < -0.4 is 19.8 Å². The Hall–Kier alpha value is -4.48. The van der Waals surface area contributed by atoms with Crippen molar-refractivity contribution in [2.75, 3.05) is 23.7 Å². The fourth-order valence-corrected chi connectivity index (χ4v) is 3.96. The monoisotopic (exact) mass is 516 g/mol. The molecule has 198 valence electrons. The molecule has 4 aromatic rings. The van der Waals surface area contributed by atoms with Gasteiger partial charge in [0.05, 0.1) is 39.6 Å². The third kappa shape index (κ3) is 6.64. The Kier molecular flexibility index (Phi) is 8.51. The molecule has 12 nitrogen and oxygen atoms in total. The number of unbranched alkanes of at least 4 members (excludes halogenated alkanes) is 1. The number of aromatic nitrogens is 6. The predicted octanol–water partition coefficient (Wildman–Crippen LogP) is 4.55. The zero-order valence-electron chi connectivity index (χ0n) is 22.9. The summed E-state index contributed by atoms with van der Waals surface area (Å²) < 4.78 is 7.04. The average Bonchev–Trinajstić information content (AvgIpc) is 3.39. The molecule has 2 heterocycles. The third-order valence-corrected chi connectivity index (χ3v) is 6.17. The van der Waals surface area contributed by atoms with Gasteiger partial charge >= 0.3 is 11.9 Å². The largest absolute Gasteiger partial charge is 0.403 e. The van der Waals surface area contributed by atoms with Crippen LogP contribution in [0.1, 0.15) is 24.0 Å². The molecule has 0 radical (unpaired) electrons. The predicted molar refractivity (Wildman–Crippen MR) is 146 cm³/mol. The lowest BCUT2D eigenvalue weighted by molar-refractivity contribution is -0.659. The molecular formula is C26H36N12+2. The minimum Gasteiger partial charge on any atom is -0.385 e. The molecule has 0 amide bonds. The van der Waals surface area contributed by atoms with Gasteiger partial charge in [-0.2, -0.15) is 0 Å². The molecular weight excluding hydrogens is 480 g/mol. The normalized spacial score (nSPS) is 11.6. The molecule has 0 saturated carbocycles. The number of benzene rings is 2. The highest BCUT2D eigenvalue weighted by Crippen LogP contribution is 2.24. The van der Waals surface area contributed by atoms with Crippen LogP contribution in [0.2, 0.25) is 0 Å². The molecule has 0 saturated heterocycles. The molecule has 0 aliphatic heterocycles. The first-order valence-corrected chi connectivity index (χ1v) is 12.6. The van der Waals surface area contributed by atoms with E-state index in [0.29, 0.717) is 11.9 Å². The summed E-state index contributed by atoms with van der Waals surface area (Å²) >= 11 is 0. The van der Waals surface area contributed by atoms with Crippen LogP contribution in [0.3, 0.4) is 0 Å². The van der Waals surface area contributed by atoms with Crippen LogP contribution in [0.25, 0.3) is 0 Å². The van der Waals surface area contributed by atoms with E-state index in [2.05, 4.69) is 67.3 Å². The lowest BCUT2D eigenvalue weighted by Crippen LogP contribution is -2.25. The van der Waals surface area contributed by atoms with Gasteiger partial charge in [0.2, 0.25) is 12.7 Å². The van der Waals surface area contributed by atoms with E-state index in [4.69, 9.17) is 0 Å². The number of aryl methyl sites for hydroxylation is 6. The van der Waals surface area contributed by atoms with Gasteiger partial charge in [0.1, 0.15) is 0 Å². The van der Waals surface area contributed by atoms with Crippen molar-refractivity contribution in [3.8, 4) is 0 Å². The maximum Gasteiger partial charge on any atom is 0.403 e. The van der Waals surface area contributed by atoms with Gasteiger partial charge in [0, 0.05) is 34.7 Å². The Morgan fingerprint density at radius 2 is 1.11 bits per heavy atom. The van der Waals surface area contributed by atoms with Crippen molar-refractivity contribution in [3.63, 3.8) is 0 Å². The summed E-state index contributed by atoms with van der Waals surface area (Å²) in [6.07, 6.45) is 5.52. The van der Waals surface area contributed by atoms with Crippen molar-refractivity contribution in [2.24, 2.45) is 48.6 Å². The Labute approximate surface area is 222 Å². The molecule has 0 aliphatic rings. The van der Waals surface area contributed by atoms with E-state index >= 15 is 0 Å². The highest BCUT2D eigenvalue weighted by Gasteiger charge is 2.12. The first kappa shape index (κ1) is 26.6. The summed E-state index contributed by atoms with van der Waals surface area (Å²) in [4.78, 5) is 0. The van der Waals surface area contributed by atoms with Gasteiger partial charge in [0.25, 0.3) is 0 Å². The SMILES string of the molecule is Cc1cc(N=Nc2n(C)nc[n+]2C)ccc1NCCCCNc1ccc(N=Nc2n(C)nc[n+]2C)cc1C. The van der Waals surface area contributed by atoms with Gasteiger partial charge in [-0.15, -0.1) is 9.36 Å². The second-order valence-corrected chi connectivity index (χ2v) is 9.29. The Balaban J connectivity index is 1.20. The van der Waals surface area contributed by atoms with Gasteiger partial charge < -0.3 is 10.6 Å². The summed E-state index contributed by atoms with van der Waals surface area (Å²) in [6, 6.07) is 12.1. The molecule has 2 N–H and O–H groups in total. The minimum atomic E-state index is 0.685. The highest BCUT2D eigenvalue weighted by atomic mass is 15.4. The minimum absolute atomic E-state index is 0.685. The Bertz CT molecular complexity index is 1300. The van der Waals surface area contributed by atoms with Crippen LogP contribution in [-0.2, 0) is 28.2 Å². The second kappa shape index (κ2) is 12.2. The van der Waals surface area contributed by atoms with E-state index in [0.717, 1.165) is 59.8 Å². The van der Waals surface area contributed by atoms with E-state index < -0.39 is 0 Å². The van der Waals surface area contributed by atoms with Crippen molar-refractivity contribution in [1.29, 1.82) is 0 Å². The van der Waals surface area contributed by atoms with Crippen LogP contribution in [0.15, 0.2) is 69.5 Å². The molecule has 4 rings (SSSR count). The highest BCUT2D eigenvalue weighted by molar-refractivity contribution is 5.58. The van der Waals surface area contributed by atoms with Crippen molar-refractivity contribution in [3.05, 3.63) is 60.2 Å². The summed E-state index contributed by atoms with van der Waals surface area (Å²) in [5.41, 5.74) is 6.13. The van der Waals surface area contributed by atoms with Crippen LogP contribution in [0.5, 0.6) is 0 Å². The number of azo groups is 2. The van der Waals surface area contributed by atoms with E-state index in [9.17, 15) is 0 Å². The standard InChI is InChI=1S/C26H34N12/c1-19-15-21(31-33-25-35(3)17-29-37(25)5)9-11-23(19)27-13-7-8-14-28-24-12-10-22(16-20(24)2)32-34-26-36(4)18-30-38(26)6/h9-12,15-18H,7-8,13-14H2,1-6H3/p+2. The smallest absolute Gasteiger partial charge is 0.385 e. The summed E-state index contributed by atoms with van der Waals surface area (Å²) in [6.45, 7) is 5.96. The topological polar surface area (TPSA) is 117 Å². The lowest BCUT2D eigenvalue weighted by Gasteiger charge is -2.11. The van der Waals surface area contributed by atoms with Crippen LogP contribution in [-0.4, -0.2) is 32.7 Å². The van der Waals surface area contributed by atoms with Crippen molar-refractivity contribution in [2.45, 2.75) is 26.7 Å². The summed E-state index contributed by atoms with van der Waals surface area (Å²) in [7, 11) is 7.48. The maximum absolute atomic E-state index is 4.35. The average molecular weight is 517 g/mol. The number of anilines is 2. The molecule has 0 atom stereocenters. The zero-order valence-corrected chi connectivity index (χ0v) is 22.9. The van der Waals surface area contributed by atoms with E-state index in [1.807, 2.05) is 61.6 Å². The molecule has 0 fully saturated rings. The number of hydrogen-bond acceptors (Lipinski definition) is 8.